The van der Waals surface area contributed by atoms with Crippen LogP contribution in [0.1, 0.15) is 42.5 Å². The van der Waals surface area contributed by atoms with E-state index in [2.05, 4.69) is 25.8 Å². The van der Waals surface area contributed by atoms with Gasteiger partial charge in [-0.1, -0.05) is 23.7 Å². The molecule has 0 atom stereocenters. The molecule has 2 aromatic heterocycles. The SMILES string of the molecule is CC(=O)Nc1cccc(CNC(=O)c2ccc(Cl)s2)c1NC(=O)c1nc2c(s1)CN(C)CC2.Cl. The standard InChI is InChI=1S/C22H22ClN5O3S2.ClH/c1-12(29)25-15-5-3-4-13(10-24-20(30)16-6-7-18(23)32-16)19(15)27-21(31)22-26-14-8-9-28(2)11-17(14)33-22;/h3-7H,8-11H2,1-2H3,(H,24,30)(H,25,29)(H,27,31);1H. The van der Waals surface area contributed by atoms with E-state index in [1.54, 1.807) is 30.3 Å². The molecule has 0 aliphatic carbocycles. The Morgan fingerprint density at radius 1 is 1.12 bits per heavy atom. The average Bonchev–Trinajstić information content (AvgIpc) is 3.39. The molecule has 0 radical (unpaired) electrons. The van der Waals surface area contributed by atoms with E-state index < -0.39 is 0 Å². The zero-order chi connectivity index (χ0) is 23.5. The molecule has 3 heterocycles. The number of amides is 3. The van der Waals surface area contributed by atoms with Gasteiger partial charge in [0, 0.05) is 37.9 Å². The summed E-state index contributed by atoms with van der Waals surface area (Å²) < 4.78 is 0.526. The lowest BCUT2D eigenvalue weighted by molar-refractivity contribution is -0.114. The molecule has 34 heavy (non-hydrogen) atoms. The predicted molar refractivity (Wildman–Crippen MR) is 139 cm³/mol. The Morgan fingerprint density at radius 2 is 1.91 bits per heavy atom. The molecule has 180 valence electrons. The summed E-state index contributed by atoms with van der Waals surface area (Å²) in [7, 11) is 2.04. The number of carbonyl (C=O) groups excluding carboxylic acids is 3. The lowest BCUT2D eigenvalue weighted by atomic mass is 10.1. The first-order valence-electron chi connectivity index (χ1n) is 10.2. The van der Waals surface area contributed by atoms with Gasteiger partial charge in [-0.25, -0.2) is 4.98 Å². The van der Waals surface area contributed by atoms with Crippen molar-refractivity contribution in [3.05, 3.63) is 60.7 Å². The summed E-state index contributed by atoms with van der Waals surface area (Å²) in [4.78, 5) is 45.6. The molecule has 3 aromatic rings. The van der Waals surface area contributed by atoms with Crippen LogP contribution in [0.2, 0.25) is 4.34 Å². The number of nitrogens with one attached hydrogen (secondary N) is 3. The van der Waals surface area contributed by atoms with Gasteiger partial charge in [-0.05, 0) is 30.8 Å². The van der Waals surface area contributed by atoms with Crippen LogP contribution in [-0.4, -0.2) is 41.2 Å². The molecule has 3 amide bonds. The zero-order valence-electron chi connectivity index (χ0n) is 18.4. The number of fused-ring (bicyclic) bond motifs is 1. The molecule has 0 saturated carbocycles. The monoisotopic (exact) mass is 539 g/mol. The van der Waals surface area contributed by atoms with Crippen LogP contribution in [-0.2, 0) is 24.3 Å². The molecule has 1 aromatic carbocycles. The summed E-state index contributed by atoms with van der Waals surface area (Å²) in [6, 6.07) is 8.55. The molecule has 0 spiro atoms. The van der Waals surface area contributed by atoms with Crippen LogP contribution in [0, 0.1) is 0 Å². The minimum atomic E-state index is -0.354. The van der Waals surface area contributed by atoms with Gasteiger partial charge in [-0.15, -0.1) is 35.1 Å². The van der Waals surface area contributed by atoms with Crippen LogP contribution in [0.25, 0.3) is 0 Å². The number of para-hydroxylation sites is 1. The summed E-state index contributed by atoms with van der Waals surface area (Å²) in [5, 5.41) is 8.85. The topological polar surface area (TPSA) is 103 Å². The van der Waals surface area contributed by atoms with E-state index in [0.29, 0.717) is 31.2 Å². The first-order valence-corrected chi connectivity index (χ1v) is 12.2. The second-order valence-corrected chi connectivity index (χ2v) is 10.4. The molecule has 1 aliphatic heterocycles. The van der Waals surface area contributed by atoms with E-state index in [-0.39, 0.29) is 36.7 Å². The second-order valence-electron chi connectivity index (χ2n) is 7.64. The van der Waals surface area contributed by atoms with Crippen molar-refractivity contribution in [2.24, 2.45) is 0 Å². The van der Waals surface area contributed by atoms with Crippen LogP contribution >= 0.6 is 46.7 Å². The average molecular weight is 540 g/mol. The maximum atomic E-state index is 13.1. The number of hydrogen-bond acceptors (Lipinski definition) is 7. The third-order valence-electron chi connectivity index (χ3n) is 5.05. The van der Waals surface area contributed by atoms with Gasteiger partial charge in [0.1, 0.15) is 0 Å². The molecule has 4 rings (SSSR count). The number of carbonyl (C=O) groups is 3. The zero-order valence-corrected chi connectivity index (χ0v) is 21.6. The Labute approximate surface area is 216 Å². The van der Waals surface area contributed by atoms with Crippen molar-refractivity contribution in [1.29, 1.82) is 0 Å². The molecule has 0 saturated heterocycles. The minimum absolute atomic E-state index is 0. The minimum Gasteiger partial charge on any atom is -0.347 e. The number of nitrogens with zero attached hydrogens (tertiary/aromatic N) is 2. The number of aromatic nitrogens is 1. The highest BCUT2D eigenvalue weighted by Gasteiger charge is 2.23. The fourth-order valence-electron chi connectivity index (χ4n) is 3.48. The van der Waals surface area contributed by atoms with Crippen molar-refractivity contribution >= 4 is 75.8 Å². The maximum absolute atomic E-state index is 13.1. The quantitative estimate of drug-likeness (QED) is 0.430. The van der Waals surface area contributed by atoms with Crippen molar-refractivity contribution in [3.8, 4) is 0 Å². The maximum Gasteiger partial charge on any atom is 0.284 e. The predicted octanol–water partition coefficient (Wildman–Crippen LogP) is 4.41. The van der Waals surface area contributed by atoms with Gasteiger partial charge in [0.2, 0.25) is 5.91 Å². The van der Waals surface area contributed by atoms with Crippen LogP contribution < -0.4 is 16.0 Å². The van der Waals surface area contributed by atoms with E-state index in [1.165, 1.54) is 29.6 Å². The first-order chi connectivity index (χ1) is 15.8. The lowest BCUT2D eigenvalue weighted by Gasteiger charge is -2.20. The summed E-state index contributed by atoms with van der Waals surface area (Å²) in [6.07, 6.45) is 0.808. The van der Waals surface area contributed by atoms with Gasteiger partial charge >= 0.3 is 0 Å². The molecular formula is C22H23Cl2N5O3S2. The number of likely N-dealkylation sites (N-methyl/N-ethyl adjacent to an activating group) is 1. The van der Waals surface area contributed by atoms with Crippen molar-refractivity contribution in [3.63, 3.8) is 0 Å². The first kappa shape index (κ1) is 26.1. The highest BCUT2D eigenvalue weighted by atomic mass is 35.5. The molecule has 3 N–H and O–H groups in total. The van der Waals surface area contributed by atoms with Crippen LogP contribution in [0.3, 0.4) is 0 Å². The van der Waals surface area contributed by atoms with E-state index in [9.17, 15) is 14.4 Å². The number of benzene rings is 1. The van der Waals surface area contributed by atoms with Crippen molar-refractivity contribution < 1.29 is 14.4 Å². The fraction of sp³-hybridized carbons (Fsp3) is 0.273. The largest absolute Gasteiger partial charge is 0.347 e. The Morgan fingerprint density at radius 3 is 2.62 bits per heavy atom. The molecule has 1 aliphatic rings. The van der Waals surface area contributed by atoms with Crippen LogP contribution in [0.15, 0.2) is 30.3 Å². The van der Waals surface area contributed by atoms with Gasteiger partial charge in [-0.2, -0.15) is 0 Å². The number of halogens is 2. The van der Waals surface area contributed by atoms with Gasteiger partial charge in [0.15, 0.2) is 5.01 Å². The van der Waals surface area contributed by atoms with Gasteiger partial charge < -0.3 is 20.9 Å². The normalized spacial score (nSPS) is 12.9. The Balaban J connectivity index is 0.00000324. The van der Waals surface area contributed by atoms with Gasteiger partial charge in [0.25, 0.3) is 11.8 Å². The Hall–Kier alpha value is -2.50. The molecule has 8 nitrogen and oxygen atoms in total. The van der Waals surface area contributed by atoms with E-state index in [4.69, 9.17) is 11.6 Å². The summed E-state index contributed by atoms with van der Waals surface area (Å²) >= 11 is 8.48. The van der Waals surface area contributed by atoms with Gasteiger partial charge in [0.05, 0.1) is 26.3 Å². The van der Waals surface area contributed by atoms with E-state index in [1.807, 2.05) is 7.05 Å². The summed E-state index contributed by atoms with van der Waals surface area (Å²) in [5.41, 5.74) is 2.47. The molecular weight excluding hydrogens is 517 g/mol. The lowest BCUT2D eigenvalue weighted by Crippen LogP contribution is -2.25. The van der Waals surface area contributed by atoms with E-state index >= 15 is 0 Å². The third-order valence-corrected chi connectivity index (χ3v) is 7.36. The number of hydrogen-bond donors (Lipinski definition) is 3. The highest BCUT2D eigenvalue weighted by molar-refractivity contribution is 7.18. The molecule has 0 unspecified atom stereocenters. The summed E-state index contributed by atoms with van der Waals surface area (Å²) in [6.45, 7) is 3.22. The highest BCUT2D eigenvalue weighted by Crippen LogP contribution is 2.30. The summed E-state index contributed by atoms with van der Waals surface area (Å²) in [5.74, 6) is -0.897. The van der Waals surface area contributed by atoms with Crippen LogP contribution in [0.4, 0.5) is 11.4 Å². The smallest absolute Gasteiger partial charge is 0.284 e. The van der Waals surface area contributed by atoms with Crippen molar-refractivity contribution in [2.75, 3.05) is 24.2 Å². The van der Waals surface area contributed by atoms with E-state index in [0.717, 1.165) is 30.1 Å². The Bertz CT molecular complexity index is 1230. The number of anilines is 2. The van der Waals surface area contributed by atoms with Crippen molar-refractivity contribution in [1.82, 2.24) is 15.2 Å². The number of thiophene rings is 1. The number of thiazole rings is 1. The molecule has 0 bridgehead atoms. The molecule has 12 heteroatoms. The second kappa shape index (κ2) is 11.3. The molecule has 0 fully saturated rings. The van der Waals surface area contributed by atoms with Crippen molar-refractivity contribution in [2.45, 2.75) is 26.4 Å². The third kappa shape index (κ3) is 6.13. The Kier molecular flexibility index (Phi) is 8.67. The fourth-order valence-corrected chi connectivity index (χ4v) is 5.52. The van der Waals surface area contributed by atoms with Gasteiger partial charge in [-0.3, -0.25) is 14.4 Å². The number of rotatable bonds is 6. The van der Waals surface area contributed by atoms with Crippen LogP contribution in [0.5, 0.6) is 0 Å².